The maximum atomic E-state index is 5.51. The van der Waals surface area contributed by atoms with Crippen LogP contribution in [0.25, 0.3) is 5.69 Å². The lowest BCUT2D eigenvalue weighted by Crippen LogP contribution is -2.10. The van der Waals surface area contributed by atoms with E-state index >= 15 is 0 Å². The highest BCUT2D eigenvalue weighted by molar-refractivity contribution is 5.50. The van der Waals surface area contributed by atoms with Crippen molar-refractivity contribution in [2.75, 3.05) is 25.5 Å². The van der Waals surface area contributed by atoms with Crippen LogP contribution in [0.3, 0.4) is 0 Å². The minimum atomic E-state index is 0.696. The van der Waals surface area contributed by atoms with E-state index in [0.29, 0.717) is 6.54 Å². The van der Waals surface area contributed by atoms with Crippen molar-refractivity contribution in [3.05, 3.63) is 36.2 Å². The van der Waals surface area contributed by atoms with E-state index in [4.69, 9.17) is 10.5 Å². The number of methoxy groups -OCH3 is 1. The Morgan fingerprint density at radius 2 is 2.05 bits per heavy atom. The molecule has 3 N–H and O–H groups in total. The molecule has 0 aliphatic heterocycles. The van der Waals surface area contributed by atoms with Gasteiger partial charge in [0.05, 0.1) is 30.4 Å². The Kier molecular flexibility index (Phi) is 5.01. The first-order chi connectivity index (χ1) is 9.80. The summed E-state index contributed by atoms with van der Waals surface area (Å²) in [6.07, 6.45) is 3.74. The lowest BCUT2D eigenvalue weighted by Gasteiger charge is -2.09. The average Bonchev–Trinajstić information content (AvgIpc) is 2.90. The van der Waals surface area contributed by atoms with Gasteiger partial charge in [-0.25, -0.2) is 4.68 Å². The first-order valence-electron chi connectivity index (χ1n) is 6.95. The SMILES string of the molecule is CCc1c(NCCCN)cnn1-c1ccc(OC)cc1. The first kappa shape index (κ1) is 14.4. The van der Waals surface area contributed by atoms with Crippen molar-refractivity contribution >= 4 is 5.69 Å². The molecule has 0 unspecified atom stereocenters. The van der Waals surface area contributed by atoms with Crippen molar-refractivity contribution in [2.45, 2.75) is 19.8 Å². The third kappa shape index (κ3) is 3.11. The van der Waals surface area contributed by atoms with Crippen molar-refractivity contribution in [3.63, 3.8) is 0 Å². The van der Waals surface area contributed by atoms with Gasteiger partial charge in [-0.15, -0.1) is 0 Å². The Bertz CT molecular complexity index is 533. The lowest BCUT2D eigenvalue weighted by molar-refractivity contribution is 0.414. The summed E-state index contributed by atoms with van der Waals surface area (Å²) in [6.45, 7) is 3.70. The van der Waals surface area contributed by atoms with Crippen molar-refractivity contribution in [3.8, 4) is 11.4 Å². The monoisotopic (exact) mass is 274 g/mol. The number of aromatic nitrogens is 2. The molecular weight excluding hydrogens is 252 g/mol. The fourth-order valence-corrected chi connectivity index (χ4v) is 2.13. The van der Waals surface area contributed by atoms with Crippen LogP contribution in [0.15, 0.2) is 30.5 Å². The number of nitrogens with one attached hydrogen (secondary N) is 1. The van der Waals surface area contributed by atoms with Gasteiger partial charge in [0.25, 0.3) is 0 Å². The number of nitrogens with two attached hydrogens (primary N) is 1. The van der Waals surface area contributed by atoms with Gasteiger partial charge in [-0.1, -0.05) is 6.92 Å². The number of ether oxygens (including phenoxy) is 1. The molecule has 0 spiro atoms. The molecular formula is C15H22N4O. The largest absolute Gasteiger partial charge is 0.497 e. The van der Waals surface area contributed by atoms with Crippen LogP contribution in [0.2, 0.25) is 0 Å². The fraction of sp³-hybridized carbons (Fsp3) is 0.400. The molecule has 0 aliphatic carbocycles. The quantitative estimate of drug-likeness (QED) is 0.760. The molecule has 0 radical (unpaired) electrons. The Balaban J connectivity index is 2.22. The molecule has 0 fully saturated rings. The number of hydrogen-bond acceptors (Lipinski definition) is 4. The first-order valence-corrected chi connectivity index (χ1v) is 6.95. The van der Waals surface area contributed by atoms with Crippen LogP contribution in [-0.4, -0.2) is 30.0 Å². The van der Waals surface area contributed by atoms with Crippen LogP contribution in [0.1, 0.15) is 19.0 Å². The number of benzene rings is 1. The third-order valence-electron chi connectivity index (χ3n) is 3.22. The summed E-state index contributed by atoms with van der Waals surface area (Å²) in [5.41, 5.74) is 8.80. The molecule has 0 amide bonds. The molecule has 1 heterocycles. The molecule has 0 aliphatic rings. The number of hydrogen-bond donors (Lipinski definition) is 2. The van der Waals surface area contributed by atoms with Gasteiger partial charge in [0.2, 0.25) is 0 Å². The van der Waals surface area contributed by atoms with Gasteiger partial charge in [0, 0.05) is 6.54 Å². The Hall–Kier alpha value is -2.01. The third-order valence-corrected chi connectivity index (χ3v) is 3.22. The smallest absolute Gasteiger partial charge is 0.119 e. The Morgan fingerprint density at radius 1 is 1.30 bits per heavy atom. The van der Waals surface area contributed by atoms with Crippen LogP contribution in [0.5, 0.6) is 5.75 Å². The van der Waals surface area contributed by atoms with Crippen molar-refractivity contribution in [1.29, 1.82) is 0 Å². The van der Waals surface area contributed by atoms with E-state index in [2.05, 4.69) is 17.3 Å². The molecule has 2 rings (SSSR count). The normalized spacial score (nSPS) is 10.6. The van der Waals surface area contributed by atoms with Crippen LogP contribution in [-0.2, 0) is 6.42 Å². The van der Waals surface area contributed by atoms with Gasteiger partial charge in [-0.3, -0.25) is 0 Å². The van der Waals surface area contributed by atoms with Crippen LogP contribution >= 0.6 is 0 Å². The molecule has 0 atom stereocenters. The van der Waals surface area contributed by atoms with Gasteiger partial charge in [-0.2, -0.15) is 5.10 Å². The highest BCUT2D eigenvalue weighted by Gasteiger charge is 2.10. The van der Waals surface area contributed by atoms with Crippen LogP contribution < -0.4 is 15.8 Å². The highest BCUT2D eigenvalue weighted by atomic mass is 16.5. The molecule has 5 heteroatoms. The molecule has 20 heavy (non-hydrogen) atoms. The fourth-order valence-electron chi connectivity index (χ4n) is 2.13. The van der Waals surface area contributed by atoms with E-state index in [1.807, 2.05) is 35.1 Å². The molecule has 1 aromatic carbocycles. The summed E-state index contributed by atoms with van der Waals surface area (Å²) in [5.74, 6) is 0.847. The van der Waals surface area contributed by atoms with E-state index in [1.54, 1.807) is 7.11 Å². The zero-order valence-electron chi connectivity index (χ0n) is 12.1. The molecule has 0 bridgehead atoms. The van der Waals surface area contributed by atoms with Gasteiger partial charge in [0.15, 0.2) is 0 Å². The predicted molar refractivity (Wildman–Crippen MR) is 81.7 cm³/mol. The molecule has 1 aromatic heterocycles. The lowest BCUT2D eigenvalue weighted by atomic mass is 10.2. The Labute approximate surface area is 119 Å². The second kappa shape index (κ2) is 6.96. The van der Waals surface area contributed by atoms with Gasteiger partial charge >= 0.3 is 0 Å². The Morgan fingerprint density at radius 3 is 2.65 bits per heavy atom. The number of rotatable bonds is 7. The van der Waals surface area contributed by atoms with E-state index in [0.717, 1.165) is 36.5 Å². The maximum Gasteiger partial charge on any atom is 0.119 e. The minimum absolute atomic E-state index is 0.696. The van der Waals surface area contributed by atoms with E-state index in [-0.39, 0.29) is 0 Å². The molecule has 0 saturated heterocycles. The highest BCUT2D eigenvalue weighted by Crippen LogP contribution is 2.21. The second-order valence-electron chi connectivity index (χ2n) is 4.54. The van der Waals surface area contributed by atoms with E-state index < -0.39 is 0 Å². The van der Waals surface area contributed by atoms with Crippen molar-refractivity contribution in [2.24, 2.45) is 5.73 Å². The summed E-state index contributed by atoms with van der Waals surface area (Å²) < 4.78 is 7.14. The number of nitrogens with zero attached hydrogens (tertiary/aromatic N) is 2. The summed E-state index contributed by atoms with van der Waals surface area (Å²) in [6, 6.07) is 7.90. The van der Waals surface area contributed by atoms with Gasteiger partial charge in [0.1, 0.15) is 5.75 Å². The minimum Gasteiger partial charge on any atom is -0.497 e. The van der Waals surface area contributed by atoms with Crippen LogP contribution in [0, 0.1) is 0 Å². The predicted octanol–water partition coefficient (Wildman–Crippen LogP) is 2.20. The molecule has 108 valence electrons. The van der Waals surface area contributed by atoms with E-state index in [1.165, 1.54) is 5.69 Å². The zero-order chi connectivity index (χ0) is 14.4. The van der Waals surface area contributed by atoms with Crippen LogP contribution in [0.4, 0.5) is 5.69 Å². The summed E-state index contributed by atoms with van der Waals surface area (Å²) in [7, 11) is 1.67. The maximum absolute atomic E-state index is 5.51. The average molecular weight is 274 g/mol. The summed E-state index contributed by atoms with van der Waals surface area (Å²) >= 11 is 0. The van der Waals surface area contributed by atoms with Crippen molar-refractivity contribution in [1.82, 2.24) is 9.78 Å². The van der Waals surface area contributed by atoms with Gasteiger partial charge in [-0.05, 0) is 43.7 Å². The van der Waals surface area contributed by atoms with Crippen molar-refractivity contribution < 1.29 is 4.74 Å². The topological polar surface area (TPSA) is 65.1 Å². The molecule has 5 nitrogen and oxygen atoms in total. The zero-order valence-corrected chi connectivity index (χ0v) is 12.1. The van der Waals surface area contributed by atoms with Gasteiger partial charge < -0.3 is 15.8 Å². The standard InChI is InChI=1S/C15H22N4O/c1-3-15-14(17-10-4-9-16)11-18-19(15)12-5-7-13(20-2)8-6-12/h5-8,11,17H,3-4,9-10,16H2,1-2H3. The second-order valence-corrected chi connectivity index (χ2v) is 4.54. The van der Waals surface area contributed by atoms with E-state index in [9.17, 15) is 0 Å². The summed E-state index contributed by atoms with van der Waals surface area (Å²) in [4.78, 5) is 0. The summed E-state index contributed by atoms with van der Waals surface area (Å²) in [5, 5.41) is 7.86. The number of anilines is 1. The molecule has 0 saturated carbocycles. The molecule has 2 aromatic rings.